The van der Waals surface area contributed by atoms with Crippen molar-refractivity contribution in [2.24, 2.45) is 0 Å². The van der Waals surface area contributed by atoms with Gasteiger partial charge >= 0.3 is 6.18 Å². The second-order valence-corrected chi connectivity index (χ2v) is 7.76. The van der Waals surface area contributed by atoms with E-state index in [0.29, 0.717) is 16.8 Å². The number of amides is 1. The molecule has 0 saturated carbocycles. The minimum atomic E-state index is -4.56. The first kappa shape index (κ1) is 21.5. The standard InChI is InChI=1S/C21H17F4N5O2/c1-20(2,21(23,24)25)16-8-17(30-32-16)28-18(31)7-12-4-3-11(6-15(12)22)13-5-14-10-27-29-19(14)26-9-13/h3-6,8-10H,7H2,1-2H3,(H,26,27,29)(H,28,30,31). The van der Waals surface area contributed by atoms with Crippen molar-refractivity contribution in [2.45, 2.75) is 31.9 Å². The first-order chi connectivity index (χ1) is 15.0. The van der Waals surface area contributed by atoms with Crippen LogP contribution in [0.25, 0.3) is 22.2 Å². The lowest BCUT2D eigenvalue weighted by Crippen LogP contribution is -2.35. The second kappa shape index (κ2) is 7.74. The molecule has 0 atom stereocenters. The van der Waals surface area contributed by atoms with Gasteiger partial charge < -0.3 is 9.84 Å². The molecule has 0 radical (unpaired) electrons. The van der Waals surface area contributed by atoms with Crippen molar-refractivity contribution < 1.29 is 26.9 Å². The lowest BCUT2D eigenvalue weighted by molar-refractivity contribution is -0.185. The van der Waals surface area contributed by atoms with Crippen LogP contribution in [0.4, 0.5) is 23.4 Å². The highest BCUT2D eigenvalue weighted by molar-refractivity contribution is 5.91. The summed E-state index contributed by atoms with van der Waals surface area (Å²) < 4.78 is 58.7. The molecule has 1 amide bonds. The van der Waals surface area contributed by atoms with E-state index in [2.05, 4.69) is 25.7 Å². The van der Waals surface area contributed by atoms with Crippen LogP contribution in [0, 0.1) is 5.82 Å². The third-order valence-electron chi connectivity index (χ3n) is 5.13. The number of anilines is 1. The highest BCUT2D eigenvalue weighted by atomic mass is 19.4. The van der Waals surface area contributed by atoms with Gasteiger partial charge in [-0.15, -0.1) is 0 Å². The van der Waals surface area contributed by atoms with Crippen LogP contribution in [-0.4, -0.2) is 32.4 Å². The van der Waals surface area contributed by atoms with Gasteiger partial charge in [-0.05, 0) is 37.1 Å². The molecule has 0 aliphatic heterocycles. The fourth-order valence-electron chi connectivity index (χ4n) is 2.99. The number of carbonyl (C=O) groups excluding carboxylic acids is 1. The van der Waals surface area contributed by atoms with Gasteiger partial charge in [0.2, 0.25) is 5.91 Å². The Kier molecular flexibility index (Phi) is 5.19. The van der Waals surface area contributed by atoms with E-state index >= 15 is 0 Å². The molecule has 3 heterocycles. The number of aromatic amines is 1. The average molecular weight is 447 g/mol. The zero-order chi connectivity index (χ0) is 23.1. The molecule has 0 unspecified atom stereocenters. The third-order valence-corrected chi connectivity index (χ3v) is 5.13. The molecule has 0 aliphatic rings. The Hall–Kier alpha value is -3.76. The van der Waals surface area contributed by atoms with Gasteiger partial charge in [0.15, 0.2) is 17.2 Å². The highest BCUT2D eigenvalue weighted by Gasteiger charge is 2.51. The van der Waals surface area contributed by atoms with Crippen molar-refractivity contribution in [3.05, 3.63) is 59.9 Å². The molecule has 4 rings (SSSR count). The summed E-state index contributed by atoms with van der Waals surface area (Å²) >= 11 is 0. The van der Waals surface area contributed by atoms with E-state index in [0.717, 1.165) is 25.3 Å². The smallest absolute Gasteiger partial charge is 0.358 e. The summed E-state index contributed by atoms with van der Waals surface area (Å²) in [7, 11) is 0. The molecular formula is C21H17F4N5O2. The Labute approximate surface area is 178 Å². The number of pyridine rings is 1. The molecule has 0 bridgehead atoms. The number of hydrogen-bond acceptors (Lipinski definition) is 5. The van der Waals surface area contributed by atoms with E-state index in [1.54, 1.807) is 24.5 Å². The van der Waals surface area contributed by atoms with Gasteiger partial charge in [0, 0.05) is 23.2 Å². The van der Waals surface area contributed by atoms with Crippen LogP contribution in [-0.2, 0) is 16.6 Å². The van der Waals surface area contributed by atoms with Crippen LogP contribution in [0.2, 0.25) is 0 Å². The third kappa shape index (κ3) is 4.05. The van der Waals surface area contributed by atoms with Crippen LogP contribution in [0.3, 0.4) is 0 Å². The molecule has 3 aromatic heterocycles. The maximum absolute atomic E-state index is 14.6. The zero-order valence-electron chi connectivity index (χ0n) is 16.9. The molecule has 2 N–H and O–H groups in total. The maximum Gasteiger partial charge on any atom is 0.401 e. The van der Waals surface area contributed by atoms with Crippen molar-refractivity contribution in [2.75, 3.05) is 5.32 Å². The SMILES string of the molecule is CC(C)(c1cc(NC(=O)Cc2ccc(-c3cnc4[nH]ncc4c3)cc2F)no1)C(F)(F)F. The Bertz CT molecular complexity index is 1290. The molecule has 7 nitrogen and oxygen atoms in total. The lowest BCUT2D eigenvalue weighted by atomic mass is 9.89. The quantitative estimate of drug-likeness (QED) is 0.430. The van der Waals surface area contributed by atoms with Crippen LogP contribution in [0.15, 0.2) is 47.2 Å². The number of nitrogens with zero attached hydrogens (tertiary/aromatic N) is 3. The largest absolute Gasteiger partial charge is 0.401 e. The number of rotatable bonds is 5. The molecule has 0 spiro atoms. The average Bonchev–Trinajstić information content (AvgIpc) is 3.37. The number of carbonyl (C=O) groups is 1. The van der Waals surface area contributed by atoms with Gasteiger partial charge in [-0.2, -0.15) is 18.3 Å². The first-order valence-electron chi connectivity index (χ1n) is 9.46. The molecular weight excluding hydrogens is 430 g/mol. The van der Waals surface area contributed by atoms with E-state index < -0.39 is 29.1 Å². The summed E-state index contributed by atoms with van der Waals surface area (Å²) in [6.45, 7) is 1.88. The van der Waals surface area contributed by atoms with E-state index in [4.69, 9.17) is 4.52 Å². The summed E-state index contributed by atoms with van der Waals surface area (Å²) in [6.07, 6.45) is -1.72. The molecule has 0 fully saturated rings. The summed E-state index contributed by atoms with van der Waals surface area (Å²) in [5.74, 6) is -1.88. The molecule has 166 valence electrons. The maximum atomic E-state index is 14.6. The number of benzene rings is 1. The first-order valence-corrected chi connectivity index (χ1v) is 9.46. The van der Waals surface area contributed by atoms with Crippen molar-refractivity contribution in [1.82, 2.24) is 20.3 Å². The van der Waals surface area contributed by atoms with Gasteiger partial charge in [-0.1, -0.05) is 17.3 Å². The van der Waals surface area contributed by atoms with Crippen LogP contribution < -0.4 is 5.32 Å². The van der Waals surface area contributed by atoms with Gasteiger partial charge in [0.1, 0.15) is 11.2 Å². The Balaban J connectivity index is 1.46. The van der Waals surface area contributed by atoms with E-state index in [-0.39, 0.29) is 17.8 Å². The number of fused-ring (bicyclic) bond motifs is 1. The van der Waals surface area contributed by atoms with E-state index in [1.807, 2.05) is 0 Å². The predicted octanol–water partition coefficient (Wildman–Crippen LogP) is 4.77. The van der Waals surface area contributed by atoms with Gasteiger partial charge in [-0.3, -0.25) is 9.89 Å². The lowest BCUT2D eigenvalue weighted by Gasteiger charge is -2.24. The number of halogens is 4. The topological polar surface area (TPSA) is 96.7 Å². The highest BCUT2D eigenvalue weighted by Crippen LogP contribution is 2.41. The molecule has 0 aliphatic carbocycles. The Morgan fingerprint density at radius 1 is 1.12 bits per heavy atom. The van der Waals surface area contributed by atoms with Crippen LogP contribution in [0.1, 0.15) is 25.2 Å². The molecule has 4 aromatic rings. The van der Waals surface area contributed by atoms with Crippen molar-refractivity contribution in [1.29, 1.82) is 0 Å². The van der Waals surface area contributed by atoms with Gasteiger partial charge in [0.25, 0.3) is 0 Å². The molecule has 11 heteroatoms. The minimum absolute atomic E-state index is 0.114. The van der Waals surface area contributed by atoms with Crippen molar-refractivity contribution >= 4 is 22.8 Å². The summed E-state index contributed by atoms with van der Waals surface area (Å²) in [6, 6.07) is 7.20. The normalized spacial score (nSPS) is 12.3. The molecule has 1 aromatic carbocycles. The Morgan fingerprint density at radius 3 is 2.62 bits per heavy atom. The summed E-state index contributed by atoms with van der Waals surface area (Å²) in [5.41, 5.74) is -0.312. The summed E-state index contributed by atoms with van der Waals surface area (Å²) in [5, 5.41) is 13.2. The fourth-order valence-corrected chi connectivity index (χ4v) is 2.99. The second-order valence-electron chi connectivity index (χ2n) is 7.76. The molecule has 32 heavy (non-hydrogen) atoms. The zero-order valence-corrected chi connectivity index (χ0v) is 16.9. The number of nitrogens with one attached hydrogen (secondary N) is 2. The number of alkyl halides is 3. The monoisotopic (exact) mass is 447 g/mol. The van der Waals surface area contributed by atoms with E-state index in [1.165, 1.54) is 12.1 Å². The van der Waals surface area contributed by atoms with Crippen molar-refractivity contribution in [3.63, 3.8) is 0 Å². The molecule has 0 saturated heterocycles. The Morgan fingerprint density at radius 2 is 1.91 bits per heavy atom. The van der Waals surface area contributed by atoms with Crippen LogP contribution in [0.5, 0.6) is 0 Å². The number of aromatic nitrogens is 4. The number of H-pyrrole nitrogens is 1. The summed E-state index contributed by atoms with van der Waals surface area (Å²) in [4.78, 5) is 16.5. The van der Waals surface area contributed by atoms with Crippen molar-refractivity contribution in [3.8, 4) is 11.1 Å². The van der Waals surface area contributed by atoms with Gasteiger partial charge in [0.05, 0.1) is 12.6 Å². The fraction of sp³-hybridized carbons (Fsp3) is 0.238. The predicted molar refractivity (Wildman–Crippen MR) is 107 cm³/mol. The van der Waals surface area contributed by atoms with Crippen LogP contribution >= 0.6 is 0 Å². The number of hydrogen-bond donors (Lipinski definition) is 2. The minimum Gasteiger partial charge on any atom is -0.358 e. The van der Waals surface area contributed by atoms with E-state index in [9.17, 15) is 22.4 Å². The van der Waals surface area contributed by atoms with Gasteiger partial charge in [-0.25, -0.2) is 9.37 Å².